The highest BCUT2D eigenvalue weighted by Crippen LogP contribution is 2.34. The van der Waals surface area contributed by atoms with E-state index in [1.165, 1.54) is 36.0 Å². The number of hydrogen-bond donors (Lipinski definition) is 0. The lowest BCUT2D eigenvalue weighted by molar-refractivity contribution is 0.287. The lowest BCUT2D eigenvalue weighted by Crippen LogP contribution is -2.26. The van der Waals surface area contributed by atoms with Crippen LogP contribution in [-0.2, 0) is 6.42 Å². The molecule has 1 heteroatoms. The van der Waals surface area contributed by atoms with Crippen molar-refractivity contribution >= 4 is 11.6 Å². The minimum atomic E-state index is 0.382. The highest BCUT2D eigenvalue weighted by Gasteiger charge is 2.27. The first kappa shape index (κ1) is 13.0. The van der Waals surface area contributed by atoms with Gasteiger partial charge in [-0.3, -0.25) is 0 Å². The van der Waals surface area contributed by atoms with E-state index in [2.05, 4.69) is 39.0 Å². The highest BCUT2D eigenvalue weighted by molar-refractivity contribution is 6.20. The molecule has 2 rings (SSSR count). The van der Waals surface area contributed by atoms with Gasteiger partial charge >= 0.3 is 0 Å². The largest absolute Gasteiger partial charge is 0.123 e. The fourth-order valence-corrected chi connectivity index (χ4v) is 3.22. The second-order valence-electron chi connectivity index (χ2n) is 5.82. The second-order valence-corrected chi connectivity index (χ2v) is 6.38. The van der Waals surface area contributed by atoms with Crippen molar-refractivity contribution in [1.29, 1.82) is 0 Å². The first-order valence-corrected chi connectivity index (χ1v) is 7.20. The van der Waals surface area contributed by atoms with Crippen molar-refractivity contribution in [3.8, 4) is 0 Å². The predicted octanol–water partition coefficient (Wildman–Crippen LogP) is 4.89. The predicted molar refractivity (Wildman–Crippen MR) is 75.8 cm³/mol. The Morgan fingerprint density at radius 1 is 1.18 bits per heavy atom. The van der Waals surface area contributed by atoms with Crippen LogP contribution in [0.25, 0.3) is 0 Å². The average molecular weight is 251 g/mol. The van der Waals surface area contributed by atoms with Gasteiger partial charge in [0.25, 0.3) is 0 Å². The van der Waals surface area contributed by atoms with Crippen molar-refractivity contribution in [3.05, 3.63) is 34.9 Å². The zero-order valence-corrected chi connectivity index (χ0v) is 11.9. The smallest absolute Gasteiger partial charge is 0.0367 e. The molecule has 94 valence electrons. The lowest BCUT2D eigenvalue weighted by atomic mass is 9.79. The molecule has 0 amide bonds. The first-order chi connectivity index (χ1) is 8.06. The molecule has 3 atom stereocenters. The Morgan fingerprint density at radius 3 is 2.65 bits per heavy atom. The maximum Gasteiger partial charge on any atom is 0.0367 e. The molecule has 0 aliphatic heterocycles. The molecule has 0 N–H and O–H groups in total. The molecule has 1 aliphatic carbocycles. The van der Waals surface area contributed by atoms with Gasteiger partial charge in [0.1, 0.15) is 0 Å². The summed E-state index contributed by atoms with van der Waals surface area (Å²) >= 11 is 6.47. The zero-order valence-electron chi connectivity index (χ0n) is 11.2. The molecule has 17 heavy (non-hydrogen) atoms. The van der Waals surface area contributed by atoms with Gasteiger partial charge in [0, 0.05) is 5.38 Å². The third kappa shape index (κ3) is 3.25. The molecule has 0 radical (unpaired) electrons. The Kier molecular flexibility index (Phi) is 4.14. The molecule has 0 heterocycles. The van der Waals surface area contributed by atoms with Gasteiger partial charge in [-0.1, -0.05) is 25.1 Å². The van der Waals surface area contributed by atoms with Crippen molar-refractivity contribution in [2.75, 3.05) is 0 Å². The molecule has 1 aromatic carbocycles. The van der Waals surface area contributed by atoms with Gasteiger partial charge in [0.15, 0.2) is 0 Å². The van der Waals surface area contributed by atoms with Crippen molar-refractivity contribution in [3.63, 3.8) is 0 Å². The number of rotatable bonds is 2. The minimum Gasteiger partial charge on any atom is -0.123 e. The van der Waals surface area contributed by atoms with Crippen molar-refractivity contribution in [1.82, 2.24) is 0 Å². The molecule has 3 unspecified atom stereocenters. The van der Waals surface area contributed by atoms with Crippen LogP contribution in [0.1, 0.15) is 42.9 Å². The van der Waals surface area contributed by atoms with E-state index < -0.39 is 0 Å². The molecule has 0 spiro atoms. The summed E-state index contributed by atoms with van der Waals surface area (Å²) in [7, 11) is 0. The molecule has 0 saturated heterocycles. The molecule has 1 saturated carbocycles. The van der Waals surface area contributed by atoms with Crippen LogP contribution in [0.3, 0.4) is 0 Å². The summed E-state index contributed by atoms with van der Waals surface area (Å²) in [6.07, 6.45) is 4.94. The van der Waals surface area contributed by atoms with Gasteiger partial charge in [-0.25, -0.2) is 0 Å². The van der Waals surface area contributed by atoms with Crippen LogP contribution in [-0.4, -0.2) is 5.38 Å². The van der Waals surface area contributed by atoms with Gasteiger partial charge in [0.05, 0.1) is 0 Å². The Morgan fingerprint density at radius 2 is 1.94 bits per heavy atom. The van der Waals surface area contributed by atoms with E-state index in [0.717, 1.165) is 12.3 Å². The summed E-state index contributed by atoms with van der Waals surface area (Å²) < 4.78 is 0. The van der Waals surface area contributed by atoms with Crippen LogP contribution in [0.2, 0.25) is 0 Å². The van der Waals surface area contributed by atoms with Gasteiger partial charge in [-0.2, -0.15) is 0 Å². The first-order valence-electron chi connectivity index (χ1n) is 6.76. The summed E-state index contributed by atoms with van der Waals surface area (Å²) in [6.45, 7) is 6.73. The summed E-state index contributed by atoms with van der Waals surface area (Å²) in [6, 6.07) is 6.84. The zero-order chi connectivity index (χ0) is 12.4. The Hall–Kier alpha value is -0.490. The summed E-state index contributed by atoms with van der Waals surface area (Å²) in [5.41, 5.74) is 4.24. The Bertz CT molecular complexity index is 383. The highest BCUT2D eigenvalue weighted by atomic mass is 35.5. The van der Waals surface area contributed by atoms with E-state index in [1.54, 1.807) is 0 Å². The van der Waals surface area contributed by atoms with Crippen molar-refractivity contribution in [2.45, 2.75) is 51.8 Å². The molecular weight excluding hydrogens is 228 g/mol. The third-order valence-electron chi connectivity index (χ3n) is 4.22. The molecule has 0 aromatic heterocycles. The molecule has 0 nitrogen and oxygen atoms in total. The SMILES string of the molecule is Cc1ccc(CC2CC(C)CCC2Cl)cc1C. The Labute approximate surface area is 110 Å². The van der Waals surface area contributed by atoms with E-state index in [-0.39, 0.29) is 0 Å². The number of halogens is 1. The normalized spacial score (nSPS) is 29.3. The second kappa shape index (κ2) is 5.44. The summed E-state index contributed by atoms with van der Waals surface area (Å²) in [5, 5.41) is 0.382. The van der Waals surface area contributed by atoms with Gasteiger partial charge in [-0.05, 0) is 68.1 Å². The number of hydrogen-bond acceptors (Lipinski definition) is 0. The molecule has 1 fully saturated rings. The number of aryl methyl sites for hydroxylation is 2. The lowest BCUT2D eigenvalue weighted by Gasteiger charge is -2.31. The minimum absolute atomic E-state index is 0.382. The summed E-state index contributed by atoms with van der Waals surface area (Å²) in [4.78, 5) is 0. The standard InChI is InChI=1S/C16H23Cl/c1-11-4-7-16(17)15(8-11)10-14-6-5-12(2)13(3)9-14/h5-6,9,11,15-16H,4,7-8,10H2,1-3H3. The quantitative estimate of drug-likeness (QED) is 0.656. The van der Waals surface area contributed by atoms with Crippen molar-refractivity contribution in [2.24, 2.45) is 11.8 Å². The van der Waals surface area contributed by atoms with Crippen LogP contribution in [0.5, 0.6) is 0 Å². The van der Waals surface area contributed by atoms with E-state index in [1.807, 2.05) is 0 Å². The van der Waals surface area contributed by atoms with Gasteiger partial charge in [-0.15, -0.1) is 11.6 Å². The van der Waals surface area contributed by atoms with Crippen molar-refractivity contribution < 1.29 is 0 Å². The van der Waals surface area contributed by atoms with E-state index in [9.17, 15) is 0 Å². The number of alkyl halides is 1. The van der Waals surface area contributed by atoms with Gasteiger partial charge < -0.3 is 0 Å². The monoisotopic (exact) mass is 250 g/mol. The molecule has 1 aliphatic rings. The third-order valence-corrected chi connectivity index (χ3v) is 4.80. The molecular formula is C16H23Cl. The van der Waals surface area contributed by atoms with Gasteiger partial charge in [0.2, 0.25) is 0 Å². The fourth-order valence-electron chi connectivity index (χ4n) is 2.91. The fraction of sp³-hybridized carbons (Fsp3) is 0.625. The van der Waals surface area contributed by atoms with E-state index in [0.29, 0.717) is 11.3 Å². The molecule has 1 aromatic rings. The van der Waals surface area contributed by atoms with Crippen LogP contribution >= 0.6 is 11.6 Å². The van der Waals surface area contributed by atoms with E-state index >= 15 is 0 Å². The average Bonchev–Trinajstić information content (AvgIpc) is 2.29. The maximum absolute atomic E-state index is 6.47. The number of benzene rings is 1. The summed E-state index contributed by atoms with van der Waals surface area (Å²) in [5.74, 6) is 1.52. The van der Waals surface area contributed by atoms with E-state index in [4.69, 9.17) is 11.6 Å². The topological polar surface area (TPSA) is 0 Å². The van der Waals surface area contributed by atoms with Crippen LogP contribution in [0, 0.1) is 25.7 Å². The van der Waals surface area contributed by atoms with Crippen LogP contribution in [0.4, 0.5) is 0 Å². The van der Waals surface area contributed by atoms with Crippen LogP contribution < -0.4 is 0 Å². The molecule has 0 bridgehead atoms. The van der Waals surface area contributed by atoms with Crippen LogP contribution in [0.15, 0.2) is 18.2 Å². The maximum atomic E-state index is 6.47. The Balaban J connectivity index is 2.06.